The van der Waals surface area contributed by atoms with Crippen molar-refractivity contribution in [3.8, 4) is 0 Å². The molecule has 0 saturated heterocycles. The van der Waals surface area contributed by atoms with Gasteiger partial charge in [0.15, 0.2) is 0 Å². The molecular weight excluding hydrogens is 100 g/mol. The topological polar surface area (TPSA) is 29.0 Å². The largest absolute Gasteiger partial charge is 0.218 e. The van der Waals surface area contributed by atoms with Crippen molar-refractivity contribution in [3.05, 3.63) is 0 Å². The van der Waals surface area contributed by atoms with E-state index in [1.807, 2.05) is 5.43 Å². The van der Waals surface area contributed by atoms with E-state index in [1.165, 1.54) is 25.7 Å². The lowest BCUT2D eigenvalue weighted by atomic mass is 10.3. The molecular formula is C6H13N2+. The molecule has 1 aliphatic rings. The molecule has 0 aromatic heterocycles. The summed E-state index contributed by atoms with van der Waals surface area (Å²) >= 11 is 0. The molecule has 2 nitrogen and oxygen atoms in total. The summed E-state index contributed by atoms with van der Waals surface area (Å²) in [5.74, 6) is 0. The van der Waals surface area contributed by atoms with E-state index in [2.05, 4.69) is 11.8 Å². The van der Waals surface area contributed by atoms with Gasteiger partial charge in [-0.15, -0.1) is 5.10 Å². The van der Waals surface area contributed by atoms with Crippen molar-refractivity contribution in [1.29, 1.82) is 0 Å². The van der Waals surface area contributed by atoms with Gasteiger partial charge in [0.05, 0.1) is 0 Å². The molecule has 0 aliphatic heterocycles. The minimum Gasteiger partial charge on any atom is -0.218 e. The minimum atomic E-state index is 0.757. The quantitative estimate of drug-likeness (QED) is 0.299. The zero-order valence-electron chi connectivity index (χ0n) is 5.14. The predicted molar refractivity (Wildman–Crippen MR) is 33.7 cm³/mol. The van der Waals surface area contributed by atoms with Gasteiger partial charge in [-0.05, 0) is 12.8 Å². The van der Waals surface area contributed by atoms with Gasteiger partial charge in [0, 0.05) is 19.6 Å². The van der Waals surface area contributed by atoms with Gasteiger partial charge in [0.2, 0.25) is 0 Å². The Balaban J connectivity index is 2.14. The molecule has 0 atom stereocenters. The van der Waals surface area contributed by atoms with Crippen molar-refractivity contribution >= 4 is 6.72 Å². The summed E-state index contributed by atoms with van der Waals surface area (Å²) in [5.41, 5.74) is 1.98. The Morgan fingerprint density at radius 3 is 2.50 bits per heavy atom. The third-order valence-corrected chi connectivity index (χ3v) is 1.72. The van der Waals surface area contributed by atoms with E-state index in [1.54, 1.807) is 0 Å². The second-order valence-electron chi connectivity index (χ2n) is 2.38. The maximum absolute atomic E-state index is 3.74. The van der Waals surface area contributed by atoms with Crippen LogP contribution in [0.5, 0.6) is 0 Å². The Labute approximate surface area is 50.0 Å². The van der Waals surface area contributed by atoms with Crippen molar-refractivity contribution in [2.75, 3.05) is 0 Å². The highest BCUT2D eigenvalue weighted by Crippen LogP contribution is 2.13. The van der Waals surface area contributed by atoms with Crippen LogP contribution in [0.4, 0.5) is 0 Å². The minimum absolute atomic E-state index is 0.757. The van der Waals surface area contributed by atoms with Gasteiger partial charge in [-0.3, -0.25) is 0 Å². The average molecular weight is 113 g/mol. The highest BCUT2D eigenvalue weighted by atomic mass is 15.3. The first-order valence-electron chi connectivity index (χ1n) is 3.22. The van der Waals surface area contributed by atoms with E-state index < -0.39 is 0 Å². The Bertz CT molecular complexity index is 74.6. The number of nitrogens with zero attached hydrogens (tertiary/aromatic N) is 1. The number of rotatable bonds is 2. The van der Waals surface area contributed by atoms with Crippen LogP contribution < -0.4 is 5.43 Å². The molecule has 0 aromatic rings. The van der Waals surface area contributed by atoms with Gasteiger partial charge in [-0.25, -0.2) is 5.43 Å². The summed E-state index contributed by atoms with van der Waals surface area (Å²) < 4.78 is 0. The highest BCUT2D eigenvalue weighted by Gasteiger charge is 2.16. The number of nitrogens with two attached hydrogens (primary N) is 1. The molecule has 0 amide bonds. The van der Waals surface area contributed by atoms with Crippen molar-refractivity contribution in [2.24, 2.45) is 5.10 Å². The second kappa shape index (κ2) is 2.82. The Kier molecular flexibility index (Phi) is 2.03. The molecule has 1 rings (SSSR count). The first-order chi connectivity index (χ1) is 3.93. The Morgan fingerprint density at radius 2 is 2.00 bits per heavy atom. The number of hydrogen-bond acceptors (Lipinski definition) is 1. The maximum Gasteiger partial charge on any atom is 0.110 e. The molecule has 0 bridgehead atoms. The van der Waals surface area contributed by atoms with E-state index in [-0.39, 0.29) is 0 Å². The second-order valence-corrected chi connectivity index (χ2v) is 2.38. The Morgan fingerprint density at radius 1 is 1.38 bits per heavy atom. The first kappa shape index (κ1) is 5.76. The van der Waals surface area contributed by atoms with Crippen molar-refractivity contribution < 1.29 is 5.43 Å². The molecule has 46 valence electrons. The number of hydrogen-bond donors (Lipinski definition) is 1. The summed E-state index contributed by atoms with van der Waals surface area (Å²) in [5, 5.41) is 3.74. The first-order valence-corrected chi connectivity index (χ1v) is 3.22. The molecule has 1 saturated carbocycles. The van der Waals surface area contributed by atoms with E-state index >= 15 is 0 Å². The van der Waals surface area contributed by atoms with Gasteiger partial charge < -0.3 is 0 Å². The van der Waals surface area contributed by atoms with E-state index in [4.69, 9.17) is 0 Å². The monoisotopic (exact) mass is 113 g/mol. The summed E-state index contributed by atoms with van der Waals surface area (Å²) in [4.78, 5) is 0. The van der Waals surface area contributed by atoms with Crippen molar-refractivity contribution in [3.63, 3.8) is 0 Å². The van der Waals surface area contributed by atoms with Crippen molar-refractivity contribution in [2.45, 2.75) is 31.7 Å². The molecule has 0 radical (unpaired) electrons. The molecule has 0 heterocycles. The highest BCUT2D eigenvalue weighted by molar-refractivity contribution is 5.20. The van der Waals surface area contributed by atoms with Crippen molar-refractivity contribution in [1.82, 2.24) is 0 Å². The fourth-order valence-corrected chi connectivity index (χ4v) is 1.26. The summed E-state index contributed by atoms with van der Waals surface area (Å²) in [6.45, 7) is 3.42. The zero-order valence-corrected chi connectivity index (χ0v) is 5.14. The fraction of sp³-hybridized carbons (Fsp3) is 0.833. The third-order valence-electron chi connectivity index (χ3n) is 1.72. The number of quaternary nitrogens is 1. The molecule has 1 fully saturated rings. The summed E-state index contributed by atoms with van der Waals surface area (Å²) in [6, 6.07) is 0.757. The van der Waals surface area contributed by atoms with Crippen LogP contribution in [-0.2, 0) is 0 Å². The standard InChI is InChI=1S/C6H12N2/c1-7-8-6-4-2-3-5-6/h6,8H,1-5H2/p+1. The van der Waals surface area contributed by atoms with Gasteiger partial charge in [-0.1, -0.05) is 0 Å². The lowest BCUT2D eigenvalue weighted by Crippen LogP contribution is -2.83. The van der Waals surface area contributed by atoms with Crippen LogP contribution in [0.3, 0.4) is 0 Å². The Hall–Kier alpha value is -0.370. The summed E-state index contributed by atoms with van der Waals surface area (Å²) in [6.07, 6.45) is 5.44. The van der Waals surface area contributed by atoms with Crippen LogP contribution in [0, 0.1) is 0 Å². The lowest BCUT2D eigenvalue weighted by molar-refractivity contribution is -0.693. The van der Waals surface area contributed by atoms with Gasteiger partial charge in [0.1, 0.15) is 6.04 Å². The molecule has 0 unspecified atom stereocenters. The molecule has 8 heavy (non-hydrogen) atoms. The van der Waals surface area contributed by atoms with Crippen LogP contribution in [0.25, 0.3) is 0 Å². The van der Waals surface area contributed by atoms with E-state index in [0.717, 1.165) is 6.04 Å². The third kappa shape index (κ3) is 1.30. The van der Waals surface area contributed by atoms with Crippen LogP contribution in [0.2, 0.25) is 0 Å². The smallest absolute Gasteiger partial charge is 0.110 e. The molecule has 0 aromatic carbocycles. The SMILES string of the molecule is C=N[NH2+]C1CCCC1. The lowest BCUT2D eigenvalue weighted by Gasteiger charge is -1.98. The molecule has 1 aliphatic carbocycles. The summed E-state index contributed by atoms with van der Waals surface area (Å²) in [7, 11) is 0. The zero-order chi connectivity index (χ0) is 5.82. The van der Waals surface area contributed by atoms with Crippen LogP contribution in [-0.4, -0.2) is 12.8 Å². The van der Waals surface area contributed by atoms with E-state index in [0.29, 0.717) is 0 Å². The average Bonchev–Trinajstić information content (AvgIpc) is 2.19. The van der Waals surface area contributed by atoms with Crippen LogP contribution >= 0.6 is 0 Å². The van der Waals surface area contributed by atoms with Gasteiger partial charge >= 0.3 is 0 Å². The maximum atomic E-state index is 3.74. The van der Waals surface area contributed by atoms with Gasteiger partial charge in [0.25, 0.3) is 0 Å². The predicted octanol–water partition coefficient (Wildman–Crippen LogP) is 0.108. The van der Waals surface area contributed by atoms with Crippen LogP contribution in [0.1, 0.15) is 25.7 Å². The van der Waals surface area contributed by atoms with Gasteiger partial charge in [-0.2, -0.15) is 0 Å². The van der Waals surface area contributed by atoms with E-state index in [9.17, 15) is 0 Å². The van der Waals surface area contributed by atoms with Crippen LogP contribution in [0.15, 0.2) is 5.10 Å². The molecule has 2 N–H and O–H groups in total. The normalized spacial score (nSPS) is 21.5. The molecule has 2 heteroatoms. The molecule has 0 spiro atoms. The fourth-order valence-electron chi connectivity index (χ4n) is 1.26.